The molecule has 0 amide bonds. The standard InChI is InChI=1S/C6H11NO4S.ClH/c1-11-6(8)5(7)4-2-12(9,10)3-4;/h4-5H,2-3,7H2,1H3;1H. The first kappa shape index (κ1) is 12.7. The molecule has 5 nitrogen and oxygen atoms in total. The number of hydrogen-bond donors (Lipinski definition) is 1. The Balaban J connectivity index is 0.00000144. The van der Waals surface area contributed by atoms with Gasteiger partial charge in [-0.3, -0.25) is 4.79 Å². The molecule has 2 N–H and O–H groups in total. The first-order chi connectivity index (χ1) is 5.46. The summed E-state index contributed by atoms with van der Waals surface area (Å²) >= 11 is 0. The topological polar surface area (TPSA) is 86.5 Å². The lowest BCUT2D eigenvalue weighted by molar-refractivity contribution is -0.143. The average Bonchev–Trinajstić information content (AvgIpc) is 1.97. The van der Waals surface area contributed by atoms with Crippen LogP contribution in [-0.2, 0) is 19.4 Å². The van der Waals surface area contributed by atoms with Gasteiger partial charge in [-0.05, 0) is 0 Å². The van der Waals surface area contributed by atoms with Gasteiger partial charge in [0.05, 0.1) is 18.6 Å². The van der Waals surface area contributed by atoms with Crippen molar-refractivity contribution in [2.45, 2.75) is 6.04 Å². The van der Waals surface area contributed by atoms with Crippen LogP contribution < -0.4 is 5.73 Å². The van der Waals surface area contributed by atoms with Gasteiger partial charge in [0.1, 0.15) is 6.04 Å². The van der Waals surface area contributed by atoms with Gasteiger partial charge in [0.25, 0.3) is 0 Å². The molecule has 0 aromatic carbocycles. The second-order valence-corrected chi connectivity index (χ2v) is 5.04. The Labute approximate surface area is 83.0 Å². The van der Waals surface area contributed by atoms with Gasteiger partial charge in [0.15, 0.2) is 9.84 Å². The molecule has 0 aromatic heterocycles. The number of carbonyl (C=O) groups is 1. The average molecular weight is 230 g/mol. The van der Waals surface area contributed by atoms with Gasteiger partial charge in [-0.25, -0.2) is 8.42 Å². The molecular formula is C6H12ClNO4S. The first-order valence-electron chi connectivity index (χ1n) is 3.50. The number of ether oxygens (including phenoxy) is 1. The number of halogens is 1. The molecule has 78 valence electrons. The normalized spacial score (nSPS) is 22.3. The minimum atomic E-state index is -2.91. The van der Waals surface area contributed by atoms with E-state index in [0.29, 0.717) is 0 Å². The van der Waals surface area contributed by atoms with Crippen LogP contribution in [0.5, 0.6) is 0 Å². The molecule has 0 aliphatic carbocycles. The Morgan fingerprint density at radius 3 is 2.31 bits per heavy atom. The van der Waals surface area contributed by atoms with E-state index in [1.54, 1.807) is 0 Å². The van der Waals surface area contributed by atoms with Crippen LogP contribution in [0.3, 0.4) is 0 Å². The summed E-state index contributed by atoms with van der Waals surface area (Å²) in [6, 6.07) is -0.793. The van der Waals surface area contributed by atoms with Crippen molar-refractivity contribution >= 4 is 28.2 Å². The highest BCUT2D eigenvalue weighted by molar-refractivity contribution is 7.92. The largest absolute Gasteiger partial charge is 0.468 e. The van der Waals surface area contributed by atoms with Crippen LogP contribution in [0.25, 0.3) is 0 Å². The number of methoxy groups -OCH3 is 1. The lowest BCUT2D eigenvalue weighted by atomic mass is 10.0. The fourth-order valence-corrected chi connectivity index (χ4v) is 2.76. The molecule has 1 heterocycles. The quantitative estimate of drug-likeness (QED) is 0.611. The molecular weight excluding hydrogens is 218 g/mol. The zero-order valence-electron chi connectivity index (χ0n) is 7.10. The minimum absolute atomic E-state index is 0. The Morgan fingerprint density at radius 1 is 1.54 bits per heavy atom. The van der Waals surface area contributed by atoms with Crippen molar-refractivity contribution in [3.8, 4) is 0 Å². The highest BCUT2D eigenvalue weighted by Gasteiger charge is 2.40. The lowest BCUT2D eigenvalue weighted by Crippen LogP contribution is -2.51. The molecule has 1 aliphatic heterocycles. The van der Waals surface area contributed by atoms with Crippen LogP contribution in [0.2, 0.25) is 0 Å². The summed E-state index contributed by atoms with van der Waals surface area (Å²) in [5.41, 5.74) is 5.42. The van der Waals surface area contributed by atoms with Crippen molar-refractivity contribution < 1.29 is 17.9 Å². The number of nitrogens with two attached hydrogens (primary N) is 1. The third-order valence-corrected chi connectivity index (χ3v) is 3.79. The molecule has 7 heteroatoms. The molecule has 13 heavy (non-hydrogen) atoms. The van der Waals surface area contributed by atoms with E-state index in [4.69, 9.17) is 5.73 Å². The van der Waals surface area contributed by atoms with Gasteiger partial charge in [-0.1, -0.05) is 0 Å². The SMILES string of the molecule is COC(=O)C(N)C1CS(=O)(=O)C1.Cl. The minimum Gasteiger partial charge on any atom is -0.468 e. The summed E-state index contributed by atoms with van der Waals surface area (Å²) in [6.07, 6.45) is 0. The number of sulfone groups is 1. The van der Waals surface area contributed by atoms with E-state index in [9.17, 15) is 13.2 Å². The summed E-state index contributed by atoms with van der Waals surface area (Å²) in [5.74, 6) is -0.802. The summed E-state index contributed by atoms with van der Waals surface area (Å²) in [6.45, 7) is 0. The smallest absolute Gasteiger partial charge is 0.322 e. The van der Waals surface area contributed by atoms with E-state index >= 15 is 0 Å². The van der Waals surface area contributed by atoms with Crippen molar-refractivity contribution in [1.82, 2.24) is 0 Å². The number of esters is 1. The van der Waals surface area contributed by atoms with Crippen LogP contribution in [-0.4, -0.2) is 39.0 Å². The van der Waals surface area contributed by atoms with Crippen LogP contribution in [0.15, 0.2) is 0 Å². The van der Waals surface area contributed by atoms with E-state index in [1.807, 2.05) is 0 Å². The molecule has 0 bridgehead atoms. The predicted octanol–water partition coefficient (Wildman–Crippen LogP) is -1.05. The Kier molecular flexibility index (Phi) is 4.15. The lowest BCUT2D eigenvalue weighted by Gasteiger charge is -2.29. The maximum atomic E-state index is 10.8. The first-order valence-corrected chi connectivity index (χ1v) is 5.32. The summed E-state index contributed by atoms with van der Waals surface area (Å²) < 4.78 is 25.8. The molecule has 1 saturated heterocycles. The van der Waals surface area contributed by atoms with E-state index < -0.39 is 21.8 Å². The van der Waals surface area contributed by atoms with Gasteiger partial charge >= 0.3 is 5.97 Å². The van der Waals surface area contributed by atoms with Gasteiger partial charge < -0.3 is 10.5 Å². The molecule has 0 radical (unpaired) electrons. The highest BCUT2D eigenvalue weighted by atomic mass is 35.5. The fraction of sp³-hybridized carbons (Fsp3) is 0.833. The monoisotopic (exact) mass is 229 g/mol. The second-order valence-electron chi connectivity index (χ2n) is 2.89. The van der Waals surface area contributed by atoms with Gasteiger partial charge in [-0.2, -0.15) is 0 Å². The van der Waals surface area contributed by atoms with Crippen LogP contribution in [0.4, 0.5) is 0 Å². The Bertz CT molecular complexity index is 277. The van der Waals surface area contributed by atoms with Crippen molar-refractivity contribution in [2.75, 3.05) is 18.6 Å². The molecule has 1 fully saturated rings. The second kappa shape index (κ2) is 4.26. The van der Waals surface area contributed by atoms with E-state index in [2.05, 4.69) is 4.74 Å². The van der Waals surface area contributed by atoms with Gasteiger partial charge in [0.2, 0.25) is 0 Å². The van der Waals surface area contributed by atoms with Crippen molar-refractivity contribution in [2.24, 2.45) is 11.7 Å². The molecule has 0 spiro atoms. The molecule has 0 saturated carbocycles. The maximum Gasteiger partial charge on any atom is 0.322 e. The number of carbonyl (C=O) groups excluding carboxylic acids is 1. The van der Waals surface area contributed by atoms with Gasteiger partial charge in [-0.15, -0.1) is 12.4 Å². The summed E-state index contributed by atoms with van der Waals surface area (Å²) in [5, 5.41) is 0. The van der Waals surface area contributed by atoms with Gasteiger partial charge in [0, 0.05) is 5.92 Å². The third-order valence-electron chi connectivity index (χ3n) is 1.92. The Morgan fingerprint density at radius 2 is 2.00 bits per heavy atom. The maximum absolute atomic E-state index is 10.8. The zero-order chi connectivity index (χ0) is 9.35. The predicted molar refractivity (Wildman–Crippen MR) is 49.4 cm³/mol. The van der Waals surface area contributed by atoms with Crippen molar-refractivity contribution in [3.63, 3.8) is 0 Å². The number of hydrogen-bond acceptors (Lipinski definition) is 5. The summed E-state index contributed by atoms with van der Waals surface area (Å²) in [7, 11) is -1.67. The van der Waals surface area contributed by atoms with E-state index in [-0.39, 0.29) is 29.8 Å². The highest BCUT2D eigenvalue weighted by Crippen LogP contribution is 2.21. The molecule has 1 unspecified atom stereocenters. The third kappa shape index (κ3) is 2.82. The van der Waals surface area contributed by atoms with Crippen LogP contribution >= 0.6 is 12.4 Å². The van der Waals surface area contributed by atoms with Crippen molar-refractivity contribution in [3.05, 3.63) is 0 Å². The summed E-state index contributed by atoms with van der Waals surface area (Å²) in [4.78, 5) is 10.8. The fourth-order valence-electron chi connectivity index (χ4n) is 1.14. The molecule has 0 aromatic rings. The van der Waals surface area contributed by atoms with Crippen molar-refractivity contribution in [1.29, 1.82) is 0 Å². The molecule has 1 aliphatic rings. The zero-order valence-corrected chi connectivity index (χ0v) is 8.73. The van der Waals surface area contributed by atoms with E-state index in [1.165, 1.54) is 7.11 Å². The van der Waals surface area contributed by atoms with Crippen LogP contribution in [0, 0.1) is 5.92 Å². The molecule has 1 atom stereocenters. The van der Waals surface area contributed by atoms with Crippen LogP contribution in [0.1, 0.15) is 0 Å². The molecule has 1 rings (SSSR count). The van der Waals surface area contributed by atoms with E-state index in [0.717, 1.165) is 0 Å². The number of rotatable bonds is 2. The Hall–Kier alpha value is -0.330.